The zero-order chi connectivity index (χ0) is 12.1. The first-order chi connectivity index (χ1) is 7.81. The second-order valence-corrected chi connectivity index (χ2v) is 4.45. The molecule has 0 amide bonds. The van der Waals surface area contributed by atoms with Crippen LogP contribution in [0.2, 0.25) is 0 Å². The minimum Gasteiger partial charge on any atom is -0.462 e. The zero-order valence-electron chi connectivity index (χ0n) is 10.8. The van der Waals surface area contributed by atoms with Crippen LogP contribution in [0.25, 0.3) is 0 Å². The second kappa shape index (κ2) is 12.5. The lowest BCUT2D eigenvalue weighted by Gasteiger charge is -2.01. The fraction of sp³-hybridized carbons (Fsp3) is 0.857. The van der Waals surface area contributed by atoms with Gasteiger partial charge in [-0.15, -0.1) is 0 Å². The van der Waals surface area contributed by atoms with Crippen LogP contribution in [-0.4, -0.2) is 5.97 Å². The van der Waals surface area contributed by atoms with Gasteiger partial charge >= 0.3 is 5.97 Å². The first-order valence-electron chi connectivity index (χ1n) is 6.76. The van der Waals surface area contributed by atoms with Crippen molar-refractivity contribution >= 4 is 5.97 Å². The summed E-state index contributed by atoms with van der Waals surface area (Å²) < 4.78 is 4.34. The molecular weight excluding hydrogens is 200 g/mol. The molecule has 1 radical (unpaired) electrons. The van der Waals surface area contributed by atoms with Crippen molar-refractivity contribution in [3.05, 3.63) is 7.11 Å². The van der Waals surface area contributed by atoms with Crippen molar-refractivity contribution in [2.75, 3.05) is 0 Å². The molecule has 0 bridgehead atoms. The molecule has 2 heteroatoms. The lowest BCUT2D eigenvalue weighted by atomic mass is 10.1. The van der Waals surface area contributed by atoms with Gasteiger partial charge in [-0.3, -0.25) is 4.79 Å². The maximum absolute atomic E-state index is 10.8. The minimum absolute atomic E-state index is 0.181. The first kappa shape index (κ1) is 15.5. The highest BCUT2D eigenvalue weighted by Gasteiger charge is 1.98. The Bertz CT molecular complexity index is 155. The number of hydrogen-bond donors (Lipinski definition) is 0. The van der Waals surface area contributed by atoms with Crippen LogP contribution in [-0.2, 0) is 9.53 Å². The molecule has 0 aliphatic rings. The lowest BCUT2D eigenvalue weighted by molar-refractivity contribution is -0.138. The SMILES string of the molecule is [CH2]OC(=O)CCCCCCCCCCCC. The molecule has 2 nitrogen and oxygen atoms in total. The number of carbonyl (C=O) groups is 1. The van der Waals surface area contributed by atoms with Gasteiger partial charge in [-0.2, -0.15) is 0 Å². The van der Waals surface area contributed by atoms with E-state index in [1.165, 1.54) is 51.4 Å². The Labute approximate surface area is 101 Å². The topological polar surface area (TPSA) is 26.3 Å². The number of rotatable bonds is 11. The standard InChI is InChI=1S/C14H27O2/c1-3-4-5-6-7-8-9-10-11-12-13-14(15)16-2/h2-13H2,1H3. The largest absolute Gasteiger partial charge is 0.462 e. The van der Waals surface area contributed by atoms with Crippen LogP contribution in [0.3, 0.4) is 0 Å². The van der Waals surface area contributed by atoms with Crippen molar-refractivity contribution in [2.24, 2.45) is 0 Å². The van der Waals surface area contributed by atoms with Crippen LogP contribution >= 0.6 is 0 Å². The number of carbonyl (C=O) groups excluding carboxylic acids is 1. The molecule has 0 rings (SSSR count). The molecule has 0 atom stereocenters. The third-order valence-electron chi connectivity index (χ3n) is 2.90. The number of ether oxygens (including phenoxy) is 1. The highest BCUT2D eigenvalue weighted by Crippen LogP contribution is 2.11. The van der Waals surface area contributed by atoms with E-state index in [0.29, 0.717) is 6.42 Å². The second-order valence-electron chi connectivity index (χ2n) is 4.45. The molecule has 0 saturated heterocycles. The number of hydrogen-bond acceptors (Lipinski definition) is 2. The normalized spacial score (nSPS) is 10.4. The fourth-order valence-electron chi connectivity index (χ4n) is 1.83. The monoisotopic (exact) mass is 227 g/mol. The third-order valence-corrected chi connectivity index (χ3v) is 2.90. The van der Waals surface area contributed by atoms with Crippen LogP contribution in [0.4, 0.5) is 0 Å². The Kier molecular flexibility index (Phi) is 12.1. The molecule has 0 unspecified atom stereocenters. The number of unbranched alkanes of at least 4 members (excludes halogenated alkanes) is 9. The van der Waals surface area contributed by atoms with E-state index >= 15 is 0 Å². The van der Waals surface area contributed by atoms with Gasteiger partial charge in [0, 0.05) is 6.42 Å². The van der Waals surface area contributed by atoms with Gasteiger partial charge in [0.1, 0.15) is 7.11 Å². The van der Waals surface area contributed by atoms with Crippen molar-refractivity contribution in [1.82, 2.24) is 0 Å². The number of esters is 1. The maximum atomic E-state index is 10.8. The van der Waals surface area contributed by atoms with Crippen LogP contribution in [0, 0.1) is 7.11 Å². The van der Waals surface area contributed by atoms with Crippen LogP contribution in [0.1, 0.15) is 77.6 Å². The van der Waals surface area contributed by atoms with Crippen molar-refractivity contribution in [3.63, 3.8) is 0 Å². The zero-order valence-corrected chi connectivity index (χ0v) is 10.8. The molecule has 0 N–H and O–H groups in total. The van der Waals surface area contributed by atoms with E-state index in [-0.39, 0.29) is 5.97 Å². The molecule has 0 saturated carbocycles. The van der Waals surface area contributed by atoms with Crippen molar-refractivity contribution in [3.8, 4) is 0 Å². The molecule has 95 valence electrons. The molecule has 0 aliphatic heterocycles. The van der Waals surface area contributed by atoms with E-state index in [4.69, 9.17) is 0 Å². The Balaban J connectivity index is 2.96. The smallest absolute Gasteiger partial charge is 0.305 e. The molecule has 0 fully saturated rings. The Morgan fingerprint density at radius 1 is 0.875 bits per heavy atom. The van der Waals surface area contributed by atoms with Gasteiger partial charge in [-0.25, -0.2) is 0 Å². The molecule has 0 aromatic heterocycles. The Hall–Kier alpha value is -0.530. The quantitative estimate of drug-likeness (QED) is 0.380. The Morgan fingerprint density at radius 2 is 1.31 bits per heavy atom. The van der Waals surface area contributed by atoms with Gasteiger partial charge in [0.2, 0.25) is 0 Å². The van der Waals surface area contributed by atoms with Crippen LogP contribution in [0.15, 0.2) is 0 Å². The molecular formula is C14H27O2. The third kappa shape index (κ3) is 11.5. The summed E-state index contributed by atoms with van der Waals surface area (Å²) in [7, 11) is 3.10. The summed E-state index contributed by atoms with van der Waals surface area (Å²) in [6.45, 7) is 2.25. The summed E-state index contributed by atoms with van der Waals surface area (Å²) in [6.07, 6.45) is 13.4. The van der Waals surface area contributed by atoms with Gasteiger partial charge in [0.05, 0.1) is 0 Å². The van der Waals surface area contributed by atoms with E-state index in [0.717, 1.165) is 12.8 Å². The minimum atomic E-state index is -0.181. The summed E-state index contributed by atoms with van der Waals surface area (Å²) in [5.41, 5.74) is 0. The van der Waals surface area contributed by atoms with Gasteiger partial charge in [-0.05, 0) is 6.42 Å². The highest BCUT2D eigenvalue weighted by molar-refractivity contribution is 5.69. The predicted octanol–water partition coefficient (Wildman–Crippen LogP) is 4.63. The average molecular weight is 227 g/mol. The fourth-order valence-corrected chi connectivity index (χ4v) is 1.83. The van der Waals surface area contributed by atoms with Crippen molar-refractivity contribution in [1.29, 1.82) is 0 Å². The predicted molar refractivity (Wildman–Crippen MR) is 67.9 cm³/mol. The molecule has 0 aliphatic carbocycles. The molecule has 0 spiro atoms. The molecule has 16 heavy (non-hydrogen) atoms. The first-order valence-corrected chi connectivity index (χ1v) is 6.76. The van der Waals surface area contributed by atoms with E-state index in [2.05, 4.69) is 18.8 Å². The van der Waals surface area contributed by atoms with Gasteiger partial charge in [-0.1, -0.05) is 64.7 Å². The summed E-state index contributed by atoms with van der Waals surface area (Å²) >= 11 is 0. The summed E-state index contributed by atoms with van der Waals surface area (Å²) in [5.74, 6) is -0.181. The van der Waals surface area contributed by atoms with E-state index in [9.17, 15) is 4.79 Å². The van der Waals surface area contributed by atoms with Crippen LogP contribution in [0.5, 0.6) is 0 Å². The summed E-state index contributed by atoms with van der Waals surface area (Å²) in [6, 6.07) is 0. The Morgan fingerprint density at radius 3 is 1.75 bits per heavy atom. The van der Waals surface area contributed by atoms with E-state index in [1.54, 1.807) is 0 Å². The molecule has 0 aromatic rings. The lowest BCUT2D eigenvalue weighted by Crippen LogP contribution is -1.97. The van der Waals surface area contributed by atoms with Gasteiger partial charge < -0.3 is 4.74 Å². The highest BCUT2D eigenvalue weighted by atomic mass is 16.5. The maximum Gasteiger partial charge on any atom is 0.305 e. The van der Waals surface area contributed by atoms with Crippen molar-refractivity contribution in [2.45, 2.75) is 77.6 Å². The molecule has 0 aromatic carbocycles. The average Bonchev–Trinajstić information content (AvgIpc) is 2.31. The van der Waals surface area contributed by atoms with E-state index < -0.39 is 0 Å². The van der Waals surface area contributed by atoms with Crippen LogP contribution < -0.4 is 0 Å². The molecule has 0 heterocycles. The van der Waals surface area contributed by atoms with Gasteiger partial charge in [0.25, 0.3) is 0 Å². The summed E-state index contributed by atoms with van der Waals surface area (Å²) in [5, 5.41) is 0. The summed E-state index contributed by atoms with van der Waals surface area (Å²) in [4.78, 5) is 10.8. The van der Waals surface area contributed by atoms with E-state index in [1.807, 2.05) is 0 Å². The van der Waals surface area contributed by atoms with Crippen molar-refractivity contribution < 1.29 is 9.53 Å². The van der Waals surface area contributed by atoms with Gasteiger partial charge in [0.15, 0.2) is 0 Å².